The Kier molecular flexibility index (Phi) is 5.46. The minimum atomic E-state index is -0.00262. The van der Waals surface area contributed by atoms with Gasteiger partial charge >= 0.3 is 0 Å². The van der Waals surface area contributed by atoms with E-state index in [1.165, 1.54) is 0 Å². The maximum atomic E-state index is 13.6. The van der Waals surface area contributed by atoms with Crippen LogP contribution < -0.4 is 4.74 Å². The van der Waals surface area contributed by atoms with Crippen LogP contribution in [0.15, 0.2) is 79.5 Å². The lowest BCUT2D eigenvalue weighted by Gasteiger charge is -2.32. The van der Waals surface area contributed by atoms with E-state index >= 15 is 0 Å². The van der Waals surface area contributed by atoms with Gasteiger partial charge in [0.2, 0.25) is 0 Å². The summed E-state index contributed by atoms with van der Waals surface area (Å²) < 4.78 is 9.47. The minimum Gasteiger partial charge on any atom is -0.496 e. The molecule has 0 N–H and O–H groups in total. The summed E-state index contributed by atoms with van der Waals surface area (Å²) in [5.74, 6) is 0.691. The van der Waals surface area contributed by atoms with Gasteiger partial charge in [0.05, 0.1) is 24.7 Å². The van der Waals surface area contributed by atoms with Gasteiger partial charge in [-0.05, 0) is 37.1 Å². The smallest absolute Gasteiger partial charge is 0.257 e. The molecule has 3 heterocycles. The zero-order chi connectivity index (χ0) is 21.9. The molecular formula is C25H25N5O2. The Labute approximate surface area is 186 Å². The van der Waals surface area contributed by atoms with Crippen molar-refractivity contribution in [3.8, 4) is 22.7 Å². The van der Waals surface area contributed by atoms with Crippen LogP contribution in [-0.2, 0) is 0 Å². The summed E-state index contributed by atoms with van der Waals surface area (Å²) in [4.78, 5) is 19.7. The summed E-state index contributed by atoms with van der Waals surface area (Å²) in [6.07, 6.45) is 9.28. The number of hydrogen-bond acceptors (Lipinski definition) is 4. The van der Waals surface area contributed by atoms with Crippen LogP contribution in [0, 0.1) is 0 Å². The number of carbonyl (C=O) groups excluding carboxylic acids is 1. The van der Waals surface area contributed by atoms with E-state index in [-0.39, 0.29) is 5.91 Å². The first-order valence-corrected chi connectivity index (χ1v) is 10.8. The Morgan fingerprint density at radius 3 is 2.50 bits per heavy atom. The van der Waals surface area contributed by atoms with Gasteiger partial charge in [0, 0.05) is 43.3 Å². The predicted molar refractivity (Wildman–Crippen MR) is 122 cm³/mol. The molecule has 2 aromatic heterocycles. The molecule has 0 saturated carbocycles. The van der Waals surface area contributed by atoms with Gasteiger partial charge in [0.25, 0.3) is 5.91 Å². The number of amides is 1. The third-order valence-corrected chi connectivity index (χ3v) is 6.03. The number of carbonyl (C=O) groups is 1. The molecular weight excluding hydrogens is 402 g/mol. The number of aromatic nitrogens is 4. The molecule has 162 valence electrons. The molecule has 32 heavy (non-hydrogen) atoms. The normalized spacial score (nSPS) is 14.5. The number of rotatable bonds is 5. The van der Waals surface area contributed by atoms with Crippen LogP contribution in [0.2, 0.25) is 0 Å². The molecule has 4 aromatic rings. The average Bonchev–Trinajstić information content (AvgIpc) is 3.55. The van der Waals surface area contributed by atoms with Crippen molar-refractivity contribution in [3.05, 3.63) is 85.1 Å². The summed E-state index contributed by atoms with van der Waals surface area (Å²) in [7, 11) is 1.63. The Bertz CT molecular complexity index is 1190. The number of likely N-dealkylation sites (tertiary alicyclic amines) is 1. The molecule has 1 amide bonds. The molecule has 7 heteroatoms. The van der Waals surface area contributed by atoms with Crippen molar-refractivity contribution in [3.63, 3.8) is 0 Å². The molecule has 1 saturated heterocycles. The highest BCUT2D eigenvalue weighted by molar-refractivity contribution is 6.00. The zero-order valence-electron chi connectivity index (χ0n) is 18.0. The molecule has 0 bridgehead atoms. The van der Waals surface area contributed by atoms with Gasteiger partial charge in [0.15, 0.2) is 0 Å². The van der Waals surface area contributed by atoms with Crippen molar-refractivity contribution in [2.24, 2.45) is 0 Å². The van der Waals surface area contributed by atoms with E-state index in [9.17, 15) is 4.79 Å². The van der Waals surface area contributed by atoms with Crippen molar-refractivity contribution in [1.29, 1.82) is 0 Å². The van der Waals surface area contributed by atoms with Crippen molar-refractivity contribution in [2.45, 2.75) is 18.9 Å². The van der Waals surface area contributed by atoms with Gasteiger partial charge in [-0.15, -0.1) is 0 Å². The van der Waals surface area contributed by atoms with Crippen molar-refractivity contribution < 1.29 is 9.53 Å². The topological polar surface area (TPSA) is 65.2 Å². The quantitative estimate of drug-likeness (QED) is 0.478. The Balaban J connectivity index is 1.48. The van der Waals surface area contributed by atoms with Crippen LogP contribution in [0.25, 0.3) is 16.9 Å². The van der Waals surface area contributed by atoms with E-state index in [0.29, 0.717) is 36.1 Å². The predicted octanol–water partition coefficient (Wildman–Crippen LogP) is 4.22. The summed E-state index contributed by atoms with van der Waals surface area (Å²) in [5, 5.41) is 4.81. The van der Waals surface area contributed by atoms with Gasteiger partial charge in [-0.1, -0.05) is 30.3 Å². The fraction of sp³-hybridized carbons (Fsp3) is 0.240. The molecule has 1 fully saturated rings. The van der Waals surface area contributed by atoms with Crippen molar-refractivity contribution in [2.75, 3.05) is 20.2 Å². The standard InChI is InChI=1S/C25H25N5O2/c1-32-23-10-6-5-9-21(23)24-22(17-30(27-24)20-7-3-2-4-8-20)25(31)28-14-11-19(12-15-28)29-16-13-26-18-29/h2-10,13,16-19H,11-12,14-15H2,1H3. The third-order valence-electron chi connectivity index (χ3n) is 6.03. The highest BCUT2D eigenvalue weighted by atomic mass is 16.5. The molecule has 0 aliphatic carbocycles. The van der Waals surface area contributed by atoms with E-state index < -0.39 is 0 Å². The molecule has 0 spiro atoms. The van der Waals surface area contributed by atoms with Gasteiger partial charge < -0.3 is 14.2 Å². The van der Waals surface area contributed by atoms with E-state index in [1.807, 2.05) is 78.2 Å². The van der Waals surface area contributed by atoms with Crippen LogP contribution in [-0.4, -0.2) is 50.3 Å². The molecule has 0 unspecified atom stereocenters. The number of para-hydroxylation sites is 2. The number of piperidine rings is 1. The largest absolute Gasteiger partial charge is 0.496 e. The molecule has 2 aromatic carbocycles. The second-order valence-electron chi connectivity index (χ2n) is 7.91. The SMILES string of the molecule is COc1ccccc1-c1nn(-c2ccccc2)cc1C(=O)N1CCC(n2ccnc2)CC1. The lowest BCUT2D eigenvalue weighted by atomic mass is 10.0. The first kappa shape index (κ1) is 20.1. The van der Waals surface area contributed by atoms with Crippen LogP contribution >= 0.6 is 0 Å². The van der Waals surface area contributed by atoms with Gasteiger partial charge in [-0.3, -0.25) is 4.79 Å². The highest BCUT2D eigenvalue weighted by Crippen LogP contribution is 2.33. The maximum absolute atomic E-state index is 13.6. The number of hydrogen-bond donors (Lipinski definition) is 0. The molecule has 0 atom stereocenters. The van der Waals surface area contributed by atoms with Crippen LogP contribution in [0.1, 0.15) is 29.2 Å². The second-order valence-corrected chi connectivity index (χ2v) is 7.91. The molecule has 7 nitrogen and oxygen atoms in total. The van der Waals surface area contributed by atoms with E-state index in [4.69, 9.17) is 9.84 Å². The first-order valence-electron chi connectivity index (χ1n) is 10.8. The fourth-order valence-electron chi connectivity index (χ4n) is 4.31. The summed E-state index contributed by atoms with van der Waals surface area (Å²) in [6.45, 7) is 1.40. The van der Waals surface area contributed by atoms with Crippen LogP contribution in [0.4, 0.5) is 0 Å². The molecule has 1 aliphatic rings. The lowest BCUT2D eigenvalue weighted by molar-refractivity contribution is 0.0695. The second kappa shape index (κ2) is 8.70. The van der Waals surface area contributed by atoms with Crippen molar-refractivity contribution >= 4 is 5.91 Å². The van der Waals surface area contributed by atoms with E-state index in [1.54, 1.807) is 18.0 Å². The number of ether oxygens (including phenoxy) is 1. The number of methoxy groups -OCH3 is 1. The van der Waals surface area contributed by atoms with E-state index in [2.05, 4.69) is 9.55 Å². The van der Waals surface area contributed by atoms with Crippen LogP contribution in [0.5, 0.6) is 5.75 Å². The monoisotopic (exact) mass is 427 g/mol. The van der Waals surface area contributed by atoms with Gasteiger partial charge in [-0.25, -0.2) is 9.67 Å². The lowest BCUT2D eigenvalue weighted by Crippen LogP contribution is -2.39. The average molecular weight is 428 g/mol. The van der Waals surface area contributed by atoms with Crippen LogP contribution in [0.3, 0.4) is 0 Å². The first-order chi connectivity index (χ1) is 15.7. The fourth-order valence-corrected chi connectivity index (χ4v) is 4.31. The summed E-state index contributed by atoms with van der Waals surface area (Å²) in [5.41, 5.74) is 2.93. The molecule has 5 rings (SSSR count). The summed E-state index contributed by atoms with van der Waals surface area (Å²) >= 11 is 0. The van der Waals surface area contributed by atoms with Crippen molar-refractivity contribution in [1.82, 2.24) is 24.2 Å². The maximum Gasteiger partial charge on any atom is 0.257 e. The minimum absolute atomic E-state index is 0.00262. The van der Waals surface area contributed by atoms with Gasteiger partial charge in [-0.2, -0.15) is 5.10 Å². The van der Waals surface area contributed by atoms with E-state index in [0.717, 1.165) is 24.1 Å². The number of benzene rings is 2. The number of nitrogens with zero attached hydrogens (tertiary/aromatic N) is 5. The highest BCUT2D eigenvalue weighted by Gasteiger charge is 2.28. The Morgan fingerprint density at radius 1 is 1.03 bits per heavy atom. The zero-order valence-corrected chi connectivity index (χ0v) is 18.0. The Hall–Kier alpha value is -3.87. The summed E-state index contributed by atoms with van der Waals surface area (Å²) in [6, 6.07) is 17.9. The molecule has 1 aliphatic heterocycles. The number of imidazole rings is 1. The molecule has 0 radical (unpaired) electrons. The Morgan fingerprint density at radius 2 is 1.78 bits per heavy atom. The van der Waals surface area contributed by atoms with Gasteiger partial charge in [0.1, 0.15) is 11.4 Å². The third kappa shape index (κ3) is 3.77.